The molecule has 0 atom stereocenters. The molecule has 0 saturated carbocycles. The van der Waals surface area contributed by atoms with Gasteiger partial charge in [-0.05, 0) is 31.0 Å². The van der Waals surface area contributed by atoms with Gasteiger partial charge in [-0.1, -0.05) is 12.1 Å². The van der Waals surface area contributed by atoms with E-state index in [0.717, 1.165) is 11.6 Å². The average molecular weight is 303 g/mol. The van der Waals surface area contributed by atoms with Crippen molar-refractivity contribution in [3.05, 3.63) is 58.4 Å². The second-order valence-corrected chi connectivity index (χ2v) is 4.76. The lowest BCUT2D eigenvalue weighted by molar-refractivity contribution is 0.0690. The number of benzene rings is 1. The Morgan fingerprint density at radius 3 is 2.50 bits per heavy atom. The van der Waals surface area contributed by atoms with E-state index in [1.807, 2.05) is 0 Å². The molecule has 0 bridgehead atoms. The van der Waals surface area contributed by atoms with Crippen LogP contribution in [0.15, 0.2) is 24.3 Å². The summed E-state index contributed by atoms with van der Waals surface area (Å²) in [7, 11) is 0. The summed E-state index contributed by atoms with van der Waals surface area (Å²) >= 11 is 0. The maximum absolute atomic E-state index is 13.2. The third-order valence-corrected chi connectivity index (χ3v) is 2.97. The third-order valence-electron chi connectivity index (χ3n) is 2.97. The van der Waals surface area contributed by atoms with Crippen LogP contribution < -0.4 is 5.32 Å². The van der Waals surface area contributed by atoms with E-state index in [2.05, 4.69) is 15.3 Å². The summed E-state index contributed by atoms with van der Waals surface area (Å²) in [5.41, 5.74) is 0.952. The maximum atomic E-state index is 13.2. The molecule has 0 aliphatic heterocycles. The summed E-state index contributed by atoms with van der Waals surface area (Å²) < 4.78 is 13.2. The van der Waals surface area contributed by atoms with E-state index in [1.54, 1.807) is 19.1 Å². The number of aromatic carboxylic acids is 1. The number of halogens is 1. The second-order valence-electron chi connectivity index (χ2n) is 4.76. The molecule has 0 unspecified atom stereocenters. The first kappa shape index (κ1) is 15.6. The fraction of sp³-hybridized carbons (Fsp3) is 0.200. The summed E-state index contributed by atoms with van der Waals surface area (Å²) in [5.74, 6) is -1.86. The molecule has 0 saturated heterocycles. The fourth-order valence-corrected chi connectivity index (χ4v) is 1.88. The highest BCUT2D eigenvalue weighted by Gasteiger charge is 2.14. The second kappa shape index (κ2) is 6.30. The van der Waals surface area contributed by atoms with Crippen LogP contribution in [0.4, 0.5) is 4.39 Å². The van der Waals surface area contributed by atoms with E-state index >= 15 is 0 Å². The van der Waals surface area contributed by atoms with Gasteiger partial charge in [0.15, 0.2) is 5.69 Å². The van der Waals surface area contributed by atoms with Gasteiger partial charge in [0, 0.05) is 12.6 Å². The van der Waals surface area contributed by atoms with Gasteiger partial charge in [0.2, 0.25) is 0 Å². The Kier molecular flexibility index (Phi) is 4.45. The quantitative estimate of drug-likeness (QED) is 0.899. The normalized spacial score (nSPS) is 10.3. The number of hydrogen-bond acceptors (Lipinski definition) is 4. The smallest absolute Gasteiger partial charge is 0.354 e. The fourth-order valence-electron chi connectivity index (χ4n) is 1.88. The zero-order valence-electron chi connectivity index (χ0n) is 12.1. The number of aryl methyl sites for hydroxylation is 2. The Morgan fingerprint density at radius 2 is 1.86 bits per heavy atom. The number of nitrogens with zero attached hydrogens (tertiary/aromatic N) is 2. The number of amides is 1. The monoisotopic (exact) mass is 303 g/mol. The van der Waals surface area contributed by atoms with Crippen LogP contribution in [0.3, 0.4) is 0 Å². The zero-order valence-corrected chi connectivity index (χ0v) is 12.1. The van der Waals surface area contributed by atoms with Gasteiger partial charge < -0.3 is 10.4 Å². The van der Waals surface area contributed by atoms with Gasteiger partial charge in [0.05, 0.1) is 0 Å². The van der Waals surface area contributed by atoms with Crippen molar-refractivity contribution in [1.29, 1.82) is 0 Å². The van der Waals surface area contributed by atoms with Crippen molar-refractivity contribution >= 4 is 11.9 Å². The SMILES string of the molecule is Cc1nc(C(=O)O)cc(C(=O)NCc2ccc(F)c(C)c2)n1. The molecular formula is C15H14FN3O3. The Morgan fingerprint density at radius 1 is 1.18 bits per heavy atom. The first-order valence-electron chi connectivity index (χ1n) is 6.49. The molecular weight excluding hydrogens is 289 g/mol. The molecule has 7 heteroatoms. The molecule has 1 heterocycles. The molecule has 0 aliphatic carbocycles. The summed E-state index contributed by atoms with van der Waals surface area (Å²) in [4.78, 5) is 30.6. The third kappa shape index (κ3) is 3.63. The molecule has 1 aromatic carbocycles. The minimum Gasteiger partial charge on any atom is -0.477 e. The molecule has 1 aromatic heterocycles. The van der Waals surface area contributed by atoms with Crippen molar-refractivity contribution in [2.24, 2.45) is 0 Å². The van der Waals surface area contributed by atoms with E-state index in [-0.39, 0.29) is 29.6 Å². The number of hydrogen-bond donors (Lipinski definition) is 2. The van der Waals surface area contributed by atoms with Crippen LogP contribution in [0.1, 0.15) is 37.9 Å². The Balaban J connectivity index is 2.12. The number of carbonyl (C=O) groups is 2. The number of carboxylic acid groups (broad SMARTS) is 1. The Hall–Kier alpha value is -2.83. The molecule has 1 amide bonds. The minimum absolute atomic E-state index is 0.0243. The van der Waals surface area contributed by atoms with Crippen LogP contribution in [-0.2, 0) is 6.54 Å². The molecule has 2 N–H and O–H groups in total. The Bertz CT molecular complexity index is 747. The summed E-state index contributed by atoms with van der Waals surface area (Å²) in [6.07, 6.45) is 0. The van der Waals surface area contributed by atoms with E-state index in [4.69, 9.17) is 5.11 Å². The average Bonchev–Trinajstić information content (AvgIpc) is 2.47. The van der Waals surface area contributed by atoms with Crippen LogP contribution in [0, 0.1) is 19.7 Å². The van der Waals surface area contributed by atoms with Gasteiger partial charge in [-0.3, -0.25) is 4.79 Å². The summed E-state index contributed by atoms with van der Waals surface area (Å²) in [5, 5.41) is 11.5. The van der Waals surface area contributed by atoms with Gasteiger partial charge in [-0.15, -0.1) is 0 Å². The van der Waals surface area contributed by atoms with E-state index < -0.39 is 11.9 Å². The highest BCUT2D eigenvalue weighted by molar-refractivity contribution is 5.95. The van der Waals surface area contributed by atoms with Crippen LogP contribution in [0.25, 0.3) is 0 Å². The van der Waals surface area contributed by atoms with Crippen molar-refractivity contribution in [3.8, 4) is 0 Å². The van der Waals surface area contributed by atoms with Crippen LogP contribution in [0.2, 0.25) is 0 Å². The lowest BCUT2D eigenvalue weighted by Gasteiger charge is -2.07. The van der Waals surface area contributed by atoms with Crippen molar-refractivity contribution in [2.45, 2.75) is 20.4 Å². The number of rotatable bonds is 4. The van der Waals surface area contributed by atoms with Crippen LogP contribution >= 0.6 is 0 Å². The van der Waals surface area contributed by atoms with E-state index in [1.165, 1.54) is 13.0 Å². The topological polar surface area (TPSA) is 92.2 Å². The zero-order chi connectivity index (χ0) is 16.3. The molecule has 2 rings (SSSR count). The highest BCUT2D eigenvalue weighted by Crippen LogP contribution is 2.09. The number of carboxylic acids is 1. The molecule has 22 heavy (non-hydrogen) atoms. The van der Waals surface area contributed by atoms with Gasteiger partial charge in [0.25, 0.3) is 5.91 Å². The molecule has 0 fully saturated rings. The number of nitrogens with one attached hydrogen (secondary N) is 1. The molecule has 0 radical (unpaired) electrons. The highest BCUT2D eigenvalue weighted by atomic mass is 19.1. The molecule has 114 valence electrons. The van der Waals surface area contributed by atoms with Gasteiger partial charge in [0.1, 0.15) is 17.3 Å². The minimum atomic E-state index is -1.23. The van der Waals surface area contributed by atoms with Gasteiger partial charge >= 0.3 is 5.97 Å². The van der Waals surface area contributed by atoms with Crippen molar-refractivity contribution in [2.75, 3.05) is 0 Å². The Labute approximate surface area is 126 Å². The van der Waals surface area contributed by atoms with Crippen LogP contribution in [0.5, 0.6) is 0 Å². The summed E-state index contributed by atoms with van der Waals surface area (Å²) in [6, 6.07) is 5.63. The summed E-state index contributed by atoms with van der Waals surface area (Å²) in [6.45, 7) is 3.32. The molecule has 2 aromatic rings. The van der Waals surface area contributed by atoms with Gasteiger partial charge in [-0.2, -0.15) is 0 Å². The first-order valence-corrected chi connectivity index (χ1v) is 6.49. The molecule has 0 spiro atoms. The lowest BCUT2D eigenvalue weighted by Crippen LogP contribution is -2.25. The number of aromatic nitrogens is 2. The van der Waals surface area contributed by atoms with Crippen molar-refractivity contribution in [3.63, 3.8) is 0 Å². The number of carbonyl (C=O) groups excluding carboxylic acids is 1. The van der Waals surface area contributed by atoms with Crippen LogP contribution in [-0.4, -0.2) is 27.0 Å². The standard InChI is InChI=1S/C15H14FN3O3/c1-8-5-10(3-4-11(8)16)7-17-14(20)12-6-13(15(21)22)19-9(2)18-12/h3-6H,7H2,1-2H3,(H,17,20)(H,21,22). The maximum Gasteiger partial charge on any atom is 0.354 e. The van der Waals surface area contributed by atoms with Crippen molar-refractivity contribution in [1.82, 2.24) is 15.3 Å². The van der Waals surface area contributed by atoms with Gasteiger partial charge in [-0.25, -0.2) is 19.2 Å². The van der Waals surface area contributed by atoms with E-state index in [0.29, 0.717) is 5.56 Å². The lowest BCUT2D eigenvalue weighted by atomic mass is 10.1. The predicted molar refractivity (Wildman–Crippen MR) is 76.0 cm³/mol. The largest absolute Gasteiger partial charge is 0.477 e. The first-order chi connectivity index (χ1) is 10.4. The van der Waals surface area contributed by atoms with Crippen molar-refractivity contribution < 1.29 is 19.1 Å². The molecule has 6 nitrogen and oxygen atoms in total. The van der Waals surface area contributed by atoms with E-state index in [9.17, 15) is 14.0 Å². The predicted octanol–water partition coefficient (Wildman–Crippen LogP) is 1.86. The molecule has 0 aliphatic rings.